The zero-order valence-corrected chi connectivity index (χ0v) is 10.0. The molecule has 0 radical (unpaired) electrons. The first-order chi connectivity index (χ1) is 9.29. The van der Waals surface area contributed by atoms with E-state index in [2.05, 4.69) is 15.3 Å². The van der Waals surface area contributed by atoms with Gasteiger partial charge in [0.1, 0.15) is 0 Å². The number of pyridine rings is 1. The SMILES string of the molecule is O=C=Nc1ccc(C(=O)NCc2cccnc2)cc1. The number of rotatable bonds is 4. The van der Waals surface area contributed by atoms with Crippen LogP contribution in [0.2, 0.25) is 0 Å². The molecule has 5 heteroatoms. The molecule has 0 bridgehead atoms. The van der Waals surface area contributed by atoms with Crippen LogP contribution in [0.3, 0.4) is 0 Å². The Hall–Kier alpha value is -2.78. The number of hydrogen-bond donors (Lipinski definition) is 1. The molecular formula is C14H11N3O2. The number of nitrogens with one attached hydrogen (secondary N) is 1. The molecule has 1 aromatic carbocycles. The van der Waals surface area contributed by atoms with Crippen LogP contribution in [0.1, 0.15) is 15.9 Å². The maximum atomic E-state index is 11.8. The third kappa shape index (κ3) is 3.59. The number of nitrogens with zero attached hydrogens (tertiary/aromatic N) is 2. The second-order valence-electron chi connectivity index (χ2n) is 3.79. The average molecular weight is 253 g/mol. The van der Waals surface area contributed by atoms with Crippen molar-refractivity contribution >= 4 is 17.7 Å². The molecular weight excluding hydrogens is 242 g/mol. The van der Waals surface area contributed by atoms with E-state index in [-0.39, 0.29) is 5.91 Å². The molecule has 0 aliphatic heterocycles. The zero-order chi connectivity index (χ0) is 13.5. The van der Waals surface area contributed by atoms with Crippen molar-refractivity contribution in [1.29, 1.82) is 0 Å². The topological polar surface area (TPSA) is 71.4 Å². The molecule has 94 valence electrons. The van der Waals surface area contributed by atoms with Crippen LogP contribution in [-0.2, 0) is 11.3 Å². The van der Waals surface area contributed by atoms with E-state index in [0.717, 1.165) is 5.56 Å². The fourth-order valence-corrected chi connectivity index (χ4v) is 1.53. The second-order valence-corrected chi connectivity index (χ2v) is 3.79. The van der Waals surface area contributed by atoms with Gasteiger partial charge >= 0.3 is 0 Å². The summed E-state index contributed by atoms with van der Waals surface area (Å²) in [5.41, 5.74) is 1.91. The van der Waals surface area contributed by atoms with Gasteiger partial charge < -0.3 is 5.32 Å². The number of aliphatic imine (C=N–C) groups is 1. The van der Waals surface area contributed by atoms with Crippen molar-refractivity contribution < 1.29 is 9.59 Å². The van der Waals surface area contributed by atoms with E-state index in [1.807, 2.05) is 12.1 Å². The third-order valence-corrected chi connectivity index (χ3v) is 2.48. The van der Waals surface area contributed by atoms with Crippen LogP contribution < -0.4 is 5.32 Å². The van der Waals surface area contributed by atoms with E-state index in [1.165, 1.54) is 6.08 Å². The number of carbonyl (C=O) groups is 1. The summed E-state index contributed by atoms with van der Waals surface area (Å²) in [6, 6.07) is 10.1. The fraction of sp³-hybridized carbons (Fsp3) is 0.0714. The summed E-state index contributed by atoms with van der Waals surface area (Å²) in [5, 5.41) is 2.78. The largest absolute Gasteiger partial charge is 0.348 e. The van der Waals surface area contributed by atoms with Crippen LogP contribution in [0.25, 0.3) is 0 Å². The summed E-state index contributed by atoms with van der Waals surface area (Å²) < 4.78 is 0. The lowest BCUT2D eigenvalue weighted by molar-refractivity contribution is 0.0951. The number of hydrogen-bond acceptors (Lipinski definition) is 4. The molecule has 0 unspecified atom stereocenters. The number of benzene rings is 1. The molecule has 1 aromatic heterocycles. The van der Waals surface area contributed by atoms with Crippen molar-refractivity contribution in [1.82, 2.24) is 10.3 Å². The summed E-state index contributed by atoms with van der Waals surface area (Å²) in [6.45, 7) is 0.418. The molecule has 0 saturated carbocycles. The first kappa shape index (κ1) is 12.7. The predicted molar refractivity (Wildman–Crippen MR) is 69.6 cm³/mol. The smallest absolute Gasteiger partial charge is 0.251 e. The van der Waals surface area contributed by atoms with Gasteiger partial charge in [0, 0.05) is 24.5 Å². The Labute approximate surface area is 110 Å². The quantitative estimate of drug-likeness (QED) is 0.669. The van der Waals surface area contributed by atoms with Crippen molar-refractivity contribution in [3.63, 3.8) is 0 Å². The highest BCUT2D eigenvalue weighted by Gasteiger charge is 2.04. The minimum absolute atomic E-state index is 0.189. The average Bonchev–Trinajstić information content (AvgIpc) is 2.47. The highest BCUT2D eigenvalue weighted by atomic mass is 16.1. The molecule has 0 atom stereocenters. The lowest BCUT2D eigenvalue weighted by atomic mass is 10.2. The van der Waals surface area contributed by atoms with E-state index in [0.29, 0.717) is 17.8 Å². The van der Waals surface area contributed by atoms with Gasteiger partial charge in [-0.05, 0) is 35.9 Å². The van der Waals surface area contributed by atoms with Crippen LogP contribution in [0, 0.1) is 0 Å². The van der Waals surface area contributed by atoms with E-state index in [1.54, 1.807) is 36.7 Å². The standard InChI is InChI=1S/C14H11N3O2/c18-10-17-13-5-3-12(4-6-13)14(19)16-9-11-2-1-7-15-8-11/h1-8H,9H2,(H,16,19). The van der Waals surface area contributed by atoms with Gasteiger partial charge in [0.2, 0.25) is 6.08 Å². The van der Waals surface area contributed by atoms with Gasteiger partial charge in [-0.15, -0.1) is 0 Å². The number of carbonyl (C=O) groups excluding carboxylic acids is 2. The highest BCUT2D eigenvalue weighted by Crippen LogP contribution is 2.12. The maximum Gasteiger partial charge on any atom is 0.251 e. The van der Waals surface area contributed by atoms with Gasteiger partial charge in [0.05, 0.1) is 5.69 Å². The second kappa shape index (κ2) is 6.23. The lowest BCUT2D eigenvalue weighted by Crippen LogP contribution is -2.22. The highest BCUT2D eigenvalue weighted by molar-refractivity contribution is 5.94. The summed E-state index contributed by atoms with van der Waals surface area (Å²) in [6.07, 6.45) is 4.82. The molecule has 2 aromatic rings. The van der Waals surface area contributed by atoms with Crippen molar-refractivity contribution in [3.05, 3.63) is 59.9 Å². The normalized spacial score (nSPS) is 9.47. The van der Waals surface area contributed by atoms with Crippen LogP contribution in [0.15, 0.2) is 53.8 Å². The van der Waals surface area contributed by atoms with Gasteiger partial charge in [-0.25, -0.2) is 4.79 Å². The molecule has 0 saturated heterocycles. The van der Waals surface area contributed by atoms with E-state index in [9.17, 15) is 9.59 Å². The Bertz CT molecular complexity index is 602. The molecule has 5 nitrogen and oxygen atoms in total. The Morgan fingerprint density at radius 3 is 2.68 bits per heavy atom. The number of amides is 1. The lowest BCUT2D eigenvalue weighted by Gasteiger charge is -2.05. The monoisotopic (exact) mass is 253 g/mol. The molecule has 1 N–H and O–H groups in total. The number of aromatic nitrogens is 1. The van der Waals surface area contributed by atoms with Gasteiger partial charge in [-0.3, -0.25) is 9.78 Å². The Morgan fingerprint density at radius 2 is 2.05 bits per heavy atom. The van der Waals surface area contributed by atoms with Crippen molar-refractivity contribution in [2.45, 2.75) is 6.54 Å². The van der Waals surface area contributed by atoms with E-state index in [4.69, 9.17) is 0 Å². The molecule has 19 heavy (non-hydrogen) atoms. The summed E-state index contributed by atoms with van der Waals surface area (Å²) in [7, 11) is 0. The summed E-state index contributed by atoms with van der Waals surface area (Å²) >= 11 is 0. The molecule has 0 aliphatic carbocycles. The van der Waals surface area contributed by atoms with Crippen LogP contribution >= 0.6 is 0 Å². The first-order valence-electron chi connectivity index (χ1n) is 5.64. The molecule has 1 heterocycles. The van der Waals surface area contributed by atoms with E-state index < -0.39 is 0 Å². The van der Waals surface area contributed by atoms with Gasteiger partial charge in [-0.2, -0.15) is 4.99 Å². The zero-order valence-electron chi connectivity index (χ0n) is 10.0. The van der Waals surface area contributed by atoms with Gasteiger partial charge in [-0.1, -0.05) is 6.07 Å². The van der Waals surface area contributed by atoms with Crippen molar-refractivity contribution in [2.24, 2.45) is 4.99 Å². The Kier molecular flexibility index (Phi) is 4.16. The van der Waals surface area contributed by atoms with Crippen LogP contribution in [0.4, 0.5) is 5.69 Å². The number of isocyanates is 1. The summed E-state index contributed by atoms with van der Waals surface area (Å²) in [5.74, 6) is -0.189. The Balaban J connectivity index is 1.98. The minimum atomic E-state index is -0.189. The minimum Gasteiger partial charge on any atom is -0.348 e. The van der Waals surface area contributed by atoms with Crippen molar-refractivity contribution in [2.75, 3.05) is 0 Å². The fourth-order valence-electron chi connectivity index (χ4n) is 1.53. The van der Waals surface area contributed by atoms with Crippen LogP contribution in [0.5, 0.6) is 0 Å². The molecule has 1 amide bonds. The maximum absolute atomic E-state index is 11.8. The van der Waals surface area contributed by atoms with E-state index >= 15 is 0 Å². The first-order valence-corrected chi connectivity index (χ1v) is 5.64. The van der Waals surface area contributed by atoms with Crippen LogP contribution in [-0.4, -0.2) is 17.0 Å². The van der Waals surface area contributed by atoms with Gasteiger partial charge in [0.25, 0.3) is 5.91 Å². The van der Waals surface area contributed by atoms with Gasteiger partial charge in [0.15, 0.2) is 0 Å². The molecule has 0 fully saturated rings. The molecule has 0 spiro atoms. The summed E-state index contributed by atoms with van der Waals surface area (Å²) in [4.78, 5) is 29.3. The van der Waals surface area contributed by atoms with Crippen molar-refractivity contribution in [3.8, 4) is 0 Å². The molecule has 2 rings (SSSR count). The third-order valence-electron chi connectivity index (χ3n) is 2.48. The Morgan fingerprint density at radius 1 is 1.26 bits per heavy atom. The molecule has 0 aliphatic rings. The predicted octanol–water partition coefficient (Wildman–Crippen LogP) is 1.98.